The predicted octanol–water partition coefficient (Wildman–Crippen LogP) is 3.05. The normalized spacial score (nSPS) is 11.2. The number of aliphatic imine (C=N–C) groups is 1. The molecular formula is C19H26N4OS. The Kier molecular flexibility index (Phi) is 7.98. The number of nitrogens with one attached hydrogen (secondary N) is 3. The summed E-state index contributed by atoms with van der Waals surface area (Å²) in [7, 11) is 0. The zero-order chi connectivity index (χ0) is 17.9. The number of benzene rings is 1. The van der Waals surface area contributed by atoms with Gasteiger partial charge in [-0.1, -0.05) is 25.1 Å². The first-order chi connectivity index (χ1) is 12.2. The number of nitrogens with zero attached hydrogens (tertiary/aromatic N) is 1. The van der Waals surface area contributed by atoms with E-state index in [0.717, 1.165) is 31.6 Å². The maximum Gasteiger partial charge on any atom is 0.246 e. The van der Waals surface area contributed by atoms with Crippen LogP contribution in [-0.4, -0.2) is 31.5 Å². The molecule has 2 rings (SSSR count). The van der Waals surface area contributed by atoms with E-state index in [1.54, 1.807) is 11.3 Å². The van der Waals surface area contributed by atoms with Crippen molar-refractivity contribution in [2.24, 2.45) is 4.99 Å². The van der Waals surface area contributed by atoms with Crippen LogP contribution in [0.15, 0.2) is 46.8 Å². The predicted molar refractivity (Wildman–Crippen MR) is 106 cm³/mol. The minimum Gasteiger partial charge on any atom is -0.357 e. The standard InChI is InChI=1S/C19H26N4OS/c1-3-15-7-5-8-16(13-15)23-18(24)14-22-19(20-4-2)21-11-10-17-9-6-12-25-17/h5-9,12-13H,3-4,10-11,14H2,1-2H3,(H,23,24)(H2,20,21,22). The molecule has 0 radical (unpaired) electrons. The lowest BCUT2D eigenvalue weighted by Crippen LogP contribution is -2.39. The SMILES string of the molecule is CCNC(=NCC(=O)Nc1cccc(CC)c1)NCCc1cccs1. The molecular weight excluding hydrogens is 332 g/mol. The van der Waals surface area contributed by atoms with Gasteiger partial charge in [0.25, 0.3) is 0 Å². The van der Waals surface area contributed by atoms with E-state index in [4.69, 9.17) is 0 Å². The average Bonchev–Trinajstić information content (AvgIpc) is 3.13. The third kappa shape index (κ3) is 6.97. The van der Waals surface area contributed by atoms with Gasteiger partial charge < -0.3 is 16.0 Å². The van der Waals surface area contributed by atoms with Crippen LogP contribution in [0.3, 0.4) is 0 Å². The van der Waals surface area contributed by atoms with E-state index >= 15 is 0 Å². The van der Waals surface area contributed by atoms with E-state index in [9.17, 15) is 4.79 Å². The second-order valence-electron chi connectivity index (χ2n) is 5.55. The summed E-state index contributed by atoms with van der Waals surface area (Å²) in [6, 6.07) is 12.1. The highest BCUT2D eigenvalue weighted by atomic mass is 32.1. The van der Waals surface area contributed by atoms with Crippen molar-refractivity contribution in [2.75, 3.05) is 25.0 Å². The fourth-order valence-corrected chi connectivity index (χ4v) is 3.03. The molecule has 0 bridgehead atoms. The van der Waals surface area contributed by atoms with Crippen molar-refractivity contribution < 1.29 is 4.79 Å². The summed E-state index contributed by atoms with van der Waals surface area (Å²) in [5, 5.41) is 11.4. The van der Waals surface area contributed by atoms with Crippen molar-refractivity contribution >= 4 is 28.9 Å². The Balaban J connectivity index is 1.82. The van der Waals surface area contributed by atoms with Crippen LogP contribution in [0.4, 0.5) is 5.69 Å². The quantitative estimate of drug-likeness (QED) is 0.502. The molecule has 25 heavy (non-hydrogen) atoms. The maximum absolute atomic E-state index is 12.1. The lowest BCUT2D eigenvalue weighted by atomic mass is 10.1. The number of carbonyl (C=O) groups is 1. The Bertz CT molecular complexity index is 682. The van der Waals surface area contributed by atoms with Crippen molar-refractivity contribution in [3.8, 4) is 0 Å². The maximum atomic E-state index is 12.1. The van der Waals surface area contributed by atoms with E-state index in [2.05, 4.69) is 51.4 Å². The number of anilines is 1. The van der Waals surface area contributed by atoms with Gasteiger partial charge in [0.2, 0.25) is 5.91 Å². The highest BCUT2D eigenvalue weighted by Gasteiger charge is 2.04. The molecule has 1 aromatic carbocycles. The Labute approximate surface area is 153 Å². The molecule has 0 atom stereocenters. The third-order valence-electron chi connectivity index (χ3n) is 3.59. The van der Waals surface area contributed by atoms with Crippen LogP contribution in [0.5, 0.6) is 0 Å². The minimum absolute atomic E-state index is 0.0880. The van der Waals surface area contributed by atoms with Gasteiger partial charge in [0.15, 0.2) is 5.96 Å². The lowest BCUT2D eigenvalue weighted by Gasteiger charge is -2.11. The monoisotopic (exact) mass is 358 g/mol. The topological polar surface area (TPSA) is 65.5 Å². The van der Waals surface area contributed by atoms with E-state index in [-0.39, 0.29) is 12.5 Å². The first kappa shape index (κ1) is 19.0. The zero-order valence-electron chi connectivity index (χ0n) is 14.8. The molecule has 3 N–H and O–H groups in total. The summed E-state index contributed by atoms with van der Waals surface area (Å²) < 4.78 is 0. The Hall–Kier alpha value is -2.34. The van der Waals surface area contributed by atoms with Crippen LogP contribution in [0.25, 0.3) is 0 Å². The molecule has 0 fully saturated rings. The van der Waals surface area contributed by atoms with E-state index in [0.29, 0.717) is 5.96 Å². The van der Waals surface area contributed by atoms with Gasteiger partial charge in [-0.25, -0.2) is 4.99 Å². The molecule has 6 heteroatoms. The van der Waals surface area contributed by atoms with Gasteiger partial charge >= 0.3 is 0 Å². The van der Waals surface area contributed by atoms with Crippen molar-refractivity contribution in [1.82, 2.24) is 10.6 Å². The van der Waals surface area contributed by atoms with Crippen LogP contribution in [0, 0.1) is 0 Å². The molecule has 0 unspecified atom stereocenters. The number of aryl methyl sites for hydroxylation is 1. The molecule has 1 heterocycles. The van der Waals surface area contributed by atoms with Crippen molar-refractivity contribution in [2.45, 2.75) is 26.7 Å². The molecule has 0 aliphatic rings. The van der Waals surface area contributed by atoms with E-state index in [1.807, 2.05) is 25.1 Å². The van der Waals surface area contributed by atoms with Gasteiger partial charge in [-0.05, 0) is 48.9 Å². The van der Waals surface area contributed by atoms with Crippen LogP contribution < -0.4 is 16.0 Å². The number of guanidine groups is 1. The third-order valence-corrected chi connectivity index (χ3v) is 4.52. The van der Waals surface area contributed by atoms with Crippen molar-refractivity contribution in [3.05, 3.63) is 52.2 Å². The highest BCUT2D eigenvalue weighted by molar-refractivity contribution is 7.09. The summed E-state index contributed by atoms with van der Waals surface area (Å²) in [6.07, 6.45) is 1.89. The molecule has 0 saturated carbocycles. The summed E-state index contributed by atoms with van der Waals surface area (Å²) in [5.41, 5.74) is 2.01. The smallest absolute Gasteiger partial charge is 0.246 e. The van der Waals surface area contributed by atoms with E-state index in [1.165, 1.54) is 10.4 Å². The number of thiophene rings is 1. The number of carbonyl (C=O) groups excluding carboxylic acids is 1. The first-order valence-corrected chi connectivity index (χ1v) is 9.52. The second kappa shape index (κ2) is 10.5. The Morgan fingerprint density at radius 2 is 2.04 bits per heavy atom. The van der Waals surface area contributed by atoms with E-state index < -0.39 is 0 Å². The Morgan fingerprint density at radius 3 is 2.76 bits per heavy atom. The van der Waals surface area contributed by atoms with Gasteiger partial charge in [-0.15, -0.1) is 11.3 Å². The first-order valence-electron chi connectivity index (χ1n) is 8.64. The van der Waals surface area contributed by atoms with Crippen molar-refractivity contribution in [1.29, 1.82) is 0 Å². The molecule has 134 valence electrons. The van der Waals surface area contributed by atoms with Gasteiger partial charge in [-0.2, -0.15) is 0 Å². The number of hydrogen-bond acceptors (Lipinski definition) is 3. The number of hydrogen-bond donors (Lipinski definition) is 3. The number of rotatable bonds is 8. The number of amides is 1. The second-order valence-corrected chi connectivity index (χ2v) is 6.59. The summed E-state index contributed by atoms with van der Waals surface area (Å²) >= 11 is 1.75. The summed E-state index contributed by atoms with van der Waals surface area (Å²) in [6.45, 7) is 5.73. The minimum atomic E-state index is -0.122. The van der Waals surface area contributed by atoms with Crippen LogP contribution in [0.1, 0.15) is 24.3 Å². The molecule has 2 aromatic rings. The van der Waals surface area contributed by atoms with Gasteiger partial charge in [0.05, 0.1) is 0 Å². The summed E-state index contributed by atoms with van der Waals surface area (Å²) in [5.74, 6) is 0.542. The molecule has 0 spiro atoms. The van der Waals surface area contributed by atoms with Gasteiger partial charge in [0.1, 0.15) is 6.54 Å². The molecule has 5 nitrogen and oxygen atoms in total. The highest BCUT2D eigenvalue weighted by Crippen LogP contribution is 2.11. The van der Waals surface area contributed by atoms with Crippen LogP contribution in [0.2, 0.25) is 0 Å². The van der Waals surface area contributed by atoms with Gasteiger partial charge in [-0.3, -0.25) is 4.79 Å². The van der Waals surface area contributed by atoms with Crippen LogP contribution >= 0.6 is 11.3 Å². The fourth-order valence-electron chi connectivity index (χ4n) is 2.32. The van der Waals surface area contributed by atoms with Crippen molar-refractivity contribution in [3.63, 3.8) is 0 Å². The average molecular weight is 359 g/mol. The lowest BCUT2D eigenvalue weighted by molar-refractivity contribution is -0.114. The fraction of sp³-hybridized carbons (Fsp3) is 0.368. The molecule has 1 amide bonds. The zero-order valence-corrected chi connectivity index (χ0v) is 15.7. The summed E-state index contributed by atoms with van der Waals surface area (Å²) in [4.78, 5) is 17.8. The molecule has 1 aromatic heterocycles. The molecule has 0 saturated heterocycles. The molecule has 0 aliphatic carbocycles. The molecule has 0 aliphatic heterocycles. The van der Waals surface area contributed by atoms with Gasteiger partial charge in [0, 0.05) is 23.7 Å². The Morgan fingerprint density at radius 1 is 1.16 bits per heavy atom. The largest absolute Gasteiger partial charge is 0.357 e. The van der Waals surface area contributed by atoms with Crippen LogP contribution in [-0.2, 0) is 17.6 Å².